The van der Waals surface area contributed by atoms with Crippen LogP contribution in [0.25, 0.3) is 0 Å². The molecule has 1 saturated heterocycles. The molecule has 3 aliphatic carbocycles. The van der Waals surface area contributed by atoms with Crippen molar-refractivity contribution in [2.45, 2.75) is 72.5 Å². The Morgan fingerprint density at radius 1 is 1.07 bits per heavy atom. The molecule has 10 heteroatoms. The molecule has 1 aromatic rings. The Morgan fingerprint density at radius 3 is 2.41 bits per heavy atom. The number of carbonyl (C=O) groups is 5. The SMILES string of the molecule is COC(=O)C[C@H]1[C@](C)(COC(C)=O)[C@H](OC(C)=O)[C@@H]2C=C3[C@@H]4CC(=O)O[C@@H](c5ccoc5)[C@]4(C)CC[C@@H]3[C@@]1(C)C2=O. The molecule has 2 bridgehead atoms. The highest BCUT2D eigenvalue weighted by Gasteiger charge is 2.70. The summed E-state index contributed by atoms with van der Waals surface area (Å²) in [6.45, 7) is 8.20. The molecule has 3 fully saturated rings. The van der Waals surface area contributed by atoms with Gasteiger partial charge in [-0.05, 0) is 36.7 Å². The van der Waals surface area contributed by atoms with Crippen LogP contribution in [-0.2, 0) is 42.9 Å². The third-order valence-corrected chi connectivity index (χ3v) is 10.5. The summed E-state index contributed by atoms with van der Waals surface area (Å²) in [4.78, 5) is 64.7. The van der Waals surface area contributed by atoms with Gasteiger partial charge in [0.2, 0.25) is 0 Å². The van der Waals surface area contributed by atoms with Gasteiger partial charge in [0.1, 0.15) is 24.6 Å². The highest BCUT2D eigenvalue weighted by molar-refractivity contribution is 5.94. The molecule has 2 saturated carbocycles. The number of methoxy groups -OCH3 is 1. The van der Waals surface area contributed by atoms with Gasteiger partial charge in [-0.3, -0.25) is 24.0 Å². The van der Waals surface area contributed by atoms with E-state index >= 15 is 0 Å². The molecule has 0 spiro atoms. The molecule has 1 aliphatic heterocycles. The molecule has 9 atom stereocenters. The number of cyclic esters (lactones) is 1. The van der Waals surface area contributed by atoms with Gasteiger partial charge in [-0.15, -0.1) is 0 Å². The summed E-state index contributed by atoms with van der Waals surface area (Å²) < 4.78 is 27.7. The van der Waals surface area contributed by atoms with E-state index in [1.54, 1.807) is 18.6 Å². The molecule has 0 aromatic carbocycles. The van der Waals surface area contributed by atoms with Crippen LogP contribution in [0.5, 0.6) is 0 Å². The van der Waals surface area contributed by atoms with Gasteiger partial charge >= 0.3 is 23.9 Å². The van der Waals surface area contributed by atoms with Crippen molar-refractivity contribution in [3.8, 4) is 0 Å². The van der Waals surface area contributed by atoms with Crippen LogP contribution in [-0.4, -0.2) is 49.5 Å². The fourth-order valence-electron chi connectivity index (χ4n) is 8.59. The highest BCUT2D eigenvalue weighted by atomic mass is 16.6. The van der Waals surface area contributed by atoms with E-state index in [9.17, 15) is 24.0 Å². The van der Waals surface area contributed by atoms with Crippen molar-refractivity contribution >= 4 is 29.7 Å². The summed E-state index contributed by atoms with van der Waals surface area (Å²) in [5.41, 5.74) is -0.897. The number of carbonyl (C=O) groups excluding carboxylic acids is 5. The van der Waals surface area contributed by atoms with Crippen molar-refractivity contribution in [3.63, 3.8) is 0 Å². The van der Waals surface area contributed by atoms with Gasteiger partial charge in [-0.1, -0.05) is 32.4 Å². The lowest BCUT2D eigenvalue weighted by Crippen LogP contribution is -2.68. The van der Waals surface area contributed by atoms with Gasteiger partial charge in [0.15, 0.2) is 0 Å². The summed E-state index contributed by atoms with van der Waals surface area (Å²) in [7, 11) is 1.28. The van der Waals surface area contributed by atoms with E-state index in [2.05, 4.69) is 6.92 Å². The summed E-state index contributed by atoms with van der Waals surface area (Å²) in [5, 5.41) is 0. The number of fused-ring (bicyclic) bond motifs is 6. The van der Waals surface area contributed by atoms with E-state index in [1.807, 2.05) is 19.9 Å². The van der Waals surface area contributed by atoms with Gasteiger partial charge in [0.05, 0.1) is 38.4 Å². The summed E-state index contributed by atoms with van der Waals surface area (Å²) in [6.07, 6.45) is 4.80. The largest absolute Gasteiger partial charge is 0.472 e. The number of Topliss-reactive ketones (excluding diaryl/α,β-unsaturated/α-hetero) is 1. The zero-order valence-corrected chi connectivity index (χ0v) is 24.4. The molecule has 2 heterocycles. The van der Waals surface area contributed by atoms with Crippen LogP contribution in [0.2, 0.25) is 0 Å². The Labute approximate surface area is 239 Å². The lowest BCUT2D eigenvalue weighted by Gasteiger charge is -2.64. The predicted molar refractivity (Wildman–Crippen MR) is 142 cm³/mol. The van der Waals surface area contributed by atoms with Crippen LogP contribution in [0.4, 0.5) is 0 Å². The Hall–Kier alpha value is -3.43. The van der Waals surface area contributed by atoms with E-state index in [-0.39, 0.29) is 43.0 Å². The van der Waals surface area contributed by atoms with Crippen molar-refractivity contribution in [2.75, 3.05) is 13.7 Å². The minimum Gasteiger partial charge on any atom is -0.472 e. The van der Waals surface area contributed by atoms with Crippen LogP contribution in [0.15, 0.2) is 34.7 Å². The molecule has 10 nitrogen and oxygen atoms in total. The molecular weight excluding hydrogens is 532 g/mol. The average Bonchev–Trinajstić information content (AvgIpc) is 3.45. The maximum atomic E-state index is 14.4. The minimum absolute atomic E-state index is 0.125. The van der Waals surface area contributed by atoms with Crippen molar-refractivity contribution in [2.24, 2.45) is 39.9 Å². The summed E-state index contributed by atoms with van der Waals surface area (Å²) >= 11 is 0. The lowest BCUT2D eigenvalue weighted by atomic mass is 9.40. The second-order valence-corrected chi connectivity index (χ2v) is 12.8. The number of ether oxygens (including phenoxy) is 4. The van der Waals surface area contributed by atoms with Crippen LogP contribution < -0.4 is 0 Å². The lowest BCUT2D eigenvalue weighted by molar-refractivity contribution is -0.206. The van der Waals surface area contributed by atoms with Crippen LogP contribution >= 0.6 is 0 Å². The summed E-state index contributed by atoms with van der Waals surface area (Å²) in [6, 6.07) is 1.80. The predicted octanol–water partition coefficient (Wildman–Crippen LogP) is 4.13. The monoisotopic (exact) mass is 570 g/mol. The zero-order valence-electron chi connectivity index (χ0n) is 24.4. The van der Waals surface area contributed by atoms with Gasteiger partial charge in [-0.2, -0.15) is 0 Å². The van der Waals surface area contributed by atoms with Crippen LogP contribution in [0.1, 0.15) is 72.0 Å². The Kier molecular flexibility index (Phi) is 7.19. The molecule has 1 aromatic heterocycles. The topological polar surface area (TPSA) is 135 Å². The molecular formula is C31H38O10. The zero-order chi connectivity index (χ0) is 29.9. The van der Waals surface area contributed by atoms with E-state index in [0.717, 1.165) is 11.1 Å². The van der Waals surface area contributed by atoms with Gasteiger partial charge < -0.3 is 23.4 Å². The van der Waals surface area contributed by atoms with E-state index in [4.69, 9.17) is 23.4 Å². The Balaban J connectivity index is 1.69. The normalized spacial score (nSPS) is 39.4. The molecule has 0 amide bonds. The number of allylic oxidation sites excluding steroid dienone is 1. The standard InChI is InChI=1S/C31H38O10/c1-16(32)39-15-30(4)23(13-24(34)37-6)31(5)21-7-9-29(3)22(12-25(35)41-27(29)18-8-10-38-14-18)19(21)11-20(26(31)36)28(30)40-17(2)33/h8,10-11,14,20-23,27-28H,7,9,12-13,15H2,1-6H3/t20-,21+,22+,23+,27+,28-,29-,30+,31-/m1/s1. The Bertz CT molecular complexity index is 1300. The van der Waals surface area contributed by atoms with Crippen molar-refractivity contribution in [3.05, 3.63) is 35.8 Å². The van der Waals surface area contributed by atoms with Crippen molar-refractivity contribution in [1.29, 1.82) is 0 Å². The molecule has 222 valence electrons. The maximum Gasteiger partial charge on any atom is 0.307 e. The van der Waals surface area contributed by atoms with E-state index in [0.29, 0.717) is 12.8 Å². The van der Waals surface area contributed by atoms with Gasteiger partial charge in [0, 0.05) is 35.7 Å². The van der Waals surface area contributed by atoms with Crippen molar-refractivity contribution < 1.29 is 47.3 Å². The van der Waals surface area contributed by atoms with Crippen molar-refractivity contribution in [1.82, 2.24) is 0 Å². The maximum absolute atomic E-state index is 14.4. The molecule has 0 unspecified atom stereocenters. The second kappa shape index (κ2) is 10.1. The first-order valence-corrected chi connectivity index (χ1v) is 14.1. The van der Waals surface area contributed by atoms with Crippen LogP contribution in [0.3, 0.4) is 0 Å². The number of esters is 4. The number of furan rings is 1. The first kappa shape index (κ1) is 29.1. The number of hydrogen-bond donors (Lipinski definition) is 0. The highest BCUT2D eigenvalue weighted by Crippen LogP contribution is 2.68. The Morgan fingerprint density at radius 2 is 1.80 bits per heavy atom. The number of rotatable bonds is 6. The number of hydrogen-bond acceptors (Lipinski definition) is 10. The number of ketones is 1. The average molecular weight is 571 g/mol. The first-order valence-electron chi connectivity index (χ1n) is 14.1. The smallest absolute Gasteiger partial charge is 0.307 e. The molecule has 5 rings (SSSR count). The third-order valence-electron chi connectivity index (χ3n) is 10.5. The molecule has 0 radical (unpaired) electrons. The van der Waals surface area contributed by atoms with E-state index in [1.165, 1.54) is 21.0 Å². The van der Waals surface area contributed by atoms with Gasteiger partial charge in [-0.25, -0.2) is 0 Å². The fourth-order valence-corrected chi connectivity index (χ4v) is 8.59. The third kappa shape index (κ3) is 4.41. The van der Waals surface area contributed by atoms with Crippen LogP contribution in [0, 0.1) is 39.9 Å². The summed E-state index contributed by atoms with van der Waals surface area (Å²) in [5.74, 6) is -4.16. The van der Waals surface area contributed by atoms with E-state index < -0.39 is 58.2 Å². The molecule has 0 N–H and O–H groups in total. The quantitative estimate of drug-likeness (QED) is 0.279. The molecule has 4 aliphatic rings. The molecule has 41 heavy (non-hydrogen) atoms. The second-order valence-electron chi connectivity index (χ2n) is 12.8. The van der Waals surface area contributed by atoms with Gasteiger partial charge in [0.25, 0.3) is 0 Å². The minimum atomic E-state index is -1.08. The first-order chi connectivity index (χ1) is 19.3. The fraction of sp³-hybridized carbons (Fsp3) is 0.645.